The first kappa shape index (κ1) is 14.3. The highest BCUT2D eigenvalue weighted by Gasteiger charge is 2.38. The maximum atomic E-state index is 10.6. The van der Waals surface area contributed by atoms with Crippen molar-refractivity contribution in [3.8, 4) is 0 Å². The summed E-state index contributed by atoms with van der Waals surface area (Å²) in [7, 11) is 1.63. The first-order chi connectivity index (χ1) is 5.75. The SMILES string of the molecule is CCC(=O)NC.O=C(O)C(F)(F)F. The molecule has 4 nitrogen and oxygen atoms in total. The molecule has 0 saturated heterocycles. The first-order valence-corrected chi connectivity index (χ1v) is 3.26. The molecule has 0 aliphatic heterocycles. The predicted octanol–water partition coefficient (Wildman–Crippen LogP) is 0.776. The Kier molecular flexibility index (Phi) is 6.88. The number of hydrogen-bond acceptors (Lipinski definition) is 2. The Labute approximate surface area is 72.7 Å². The molecule has 0 heterocycles. The fraction of sp³-hybridized carbons (Fsp3) is 0.667. The standard InChI is InChI=1S/C4H9NO.C2HF3O2/c1-3-4(6)5-2;3-2(4,5)1(6)7/h3H2,1-2H3,(H,5,6);(H,6,7). The second kappa shape index (κ2) is 6.27. The number of nitrogens with one attached hydrogen (secondary N) is 1. The minimum Gasteiger partial charge on any atom is -0.475 e. The van der Waals surface area contributed by atoms with E-state index in [1.54, 1.807) is 7.05 Å². The number of hydrogen-bond donors (Lipinski definition) is 2. The molecule has 0 bridgehead atoms. The van der Waals surface area contributed by atoms with Crippen LogP contribution in [-0.2, 0) is 9.59 Å². The summed E-state index contributed by atoms with van der Waals surface area (Å²) in [6.07, 6.45) is -4.50. The minimum absolute atomic E-state index is 0.0926. The van der Waals surface area contributed by atoms with Crippen molar-refractivity contribution < 1.29 is 27.9 Å². The molecule has 0 rings (SSSR count). The predicted molar refractivity (Wildman–Crippen MR) is 38.0 cm³/mol. The van der Waals surface area contributed by atoms with Gasteiger partial charge in [-0.2, -0.15) is 13.2 Å². The van der Waals surface area contributed by atoms with Gasteiger partial charge in [-0.3, -0.25) is 4.79 Å². The summed E-state index contributed by atoms with van der Waals surface area (Å²) >= 11 is 0. The Morgan fingerprint density at radius 1 is 1.38 bits per heavy atom. The number of carbonyl (C=O) groups is 2. The smallest absolute Gasteiger partial charge is 0.475 e. The molecule has 7 heteroatoms. The number of amides is 1. The van der Waals surface area contributed by atoms with Crippen LogP contribution in [0.2, 0.25) is 0 Å². The van der Waals surface area contributed by atoms with Crippen LogP contribution in [-0.4, -0.2) is 30.2 Å². The fourth-order valence-corrected chi connectivity index (χ4v) is 0.177. The quantitative estimate of drug-likeness (QED) is 0.658. The van der Waals surface area contributed by atoms with Crippen LogP contribution in [0, 0.1) is 0 Å². The Bertz CT molecular complexity index is 172. The van der Waals surface area contributed by atoms with Gasteiger partial charge in [-0.15, -0.1) is 0 Å². The molecule has 0 aliphatic carbocycles. The van der Waals surface area contributed by atoms with E-state index in [1.807, 2.05) is 6.92 Å². The van der Waals surface area contributed by atoms with E-state index in [1.165, 1.54) is 0 Å². The number of halogens is 3. The van der Waals surface area contributed by atoms with Crippen molar-refractivity contribution in [3.05, 3.63) is 0 Å². The molecule has 0 atom stereocenters. The summed E-state index contributed by atoms with van der Waals surface area (Å²) in [5.41, 5.74) is 0. The van der Waals surface area contributed by atoms with Crippen molar-refractivity contribution in [1.82, 2.24) is 5.32 Å². The Morgan fingerprint density at radius 3 is 1.69 bits per heavy atom. The fourth-order valence-electron chi connectivity index (χ4n) is 0.177. The third-order valence-corrected chi connectivity index (χ3v) is 0.842. The number of carboxylic acid groups (broad SMARTS) is 1. The molecule has 0 aromatic carbocycles. The zero-order chi connectivity index (χ0) is 11.1. The van der Waals surface area contributed by atoms with Gasteiger partial charge >= 0.3 is 12.1 Å². The summed E-state index contributed by atoms with van der Waals surface area (Å²) in [5.74, 6) is -2.66. The molecular weight excluding hydrogens is 191 g/mol. The van der Waals surface area contributed by atoms with Crippen LogP contribution in [0.1, 0.15) is 13.3 Å². The van der Waals surface area contributed by atoms with Gasteiger partial charge in [0, 0.05) is 13.5 Å². The molecule has 0 spiro atoms. The van der Waals surface area contributed by atoms with Gasteiger partial charge in [0.25, 0.3) is 0 Å². The molecule has 0 fully saturated rings. The van der Waals surface area contributed by atoms with E-state index in [9.17, 15) is 18.0 Å². The second-order valence-electron chi connectivity index (χ2n) is 1.83. The van der Waals surface area contributed by atoms with Crippen LogP contribution in [0.3, 0.4) is 0 Å². The van der Waals surface area contributed by atoms with E-state index in [2.05, 4.69) is 5.32 Å². The van der Waals surface area contributed by atoms with Crippen LogP contribution in [0.5, 0.6) is 0 Å². The highest BCUT2D eigenvalue weighted by atomic mass is 19.4. The zero-order valence-electron chi connectivity index (χ0n) is 7.10. The van der Waals surface area contributed by atoms with Crippen LogP contribution in [0.15, 0.2) is 0 Å². The average molecular weight is 201 g/mol. The lowest BCUT2D eigenvalue weighted by Crippen LogP contribution is -2.21. The van der Waals surface area contributed by atoms with Gasteiger partial charge in [-0.05, 0) is 0 Å². The maximum absolute atomic E-state index is 10.6. The van der Waals surface area contributed by atoms with Crippen LogP contribution >= 0.6 is 0 Å². The summed E-state index contributed by atoms with van der Waals surface area (Å²) < 4.78 is 31.7. The Hall–Kier alpha value is -1.27. The highest BCUT2D eigenvalue weighted by Crippen LogP contribution is 2.13. The molecule has 0 aromatic rings. The number of aliphatic carboxylic acids is 1. The van der Waals surface area contributed by atoms with Gasteiger partial charge < -0.3 is 10.4 Å². The van der Waals surface area contributed by atoms with E-state index in [4.69, 9.17) is 9.90 Å². The van der Waals surface area contributed by atoms with Crippen molar-refractivity contribution in [2.45, 2.75) is 19.5 Å². The largest absolute Gasteiger partial charge is 0.490 e. The summed E-state index contributed by atoms with van der Waals surface area (Å²) in [6, 6.07) is 0. The van der Waals surface area contributed by atoms with Gasteiger partial charge in [-0.25, -0.2) is 4.79 Å². The van der Waals surface area contributed by atoms with Crippen molar-refractivity contribution >= 4 is 11.9 Å². The molecule has 0 saturated carbocycles. The van der Waals surface area contributed by atoms with Gasteiger partial charge in [-0.1, -0.05) is 6.92 Å². The number of rotatable bonds is 1. The maximum Gasteiger partial charge on any atom is 0.490 e. The van der Waals surface area contributed by atoms with Crippen molar-refractivity contribution in [2.75, 3.05) is 7.05 Å². The van der Waals surface area contributed by atoms with E-state index >= 15 is 0 Å². The molecule has 0 radical (unpaired) electrons. The molecular formula is C6H10F3NO3. The first-order valence-electron chi connectivity index (χ1n) is 3.26. The van der Waals surface area contributed by atoms with Crippen molar-refractivity contribution in [1.29, 1.82) is 0 Å². The summed E-state index contributed by atoms with van der Waals surface area (Å²) in [6.45, 7) is 1.82. The zero-order valence-corrected chi connectivity index (χ0v) is 7.10. The molecule has 78 valence electrons. The van der Waals surface area contributed by atoms with Gasteiger partial charge in [0.1, 0.15) is 0 Å². The summed E-state index contributed by atoms with van der Waals surface area (Å²) in [4.78, 5) is 19.0. The van der Waals surface area contributed by atoms with Crippen LogP contribution in [0.4, 0.5) is 13.2 Å². The third kappa shape index (κ3) is 10.7. The van der Waals surface area contributed by atoms with Crippen LogP contribution < -0.4 is 5.32 Å². The van der Waals surface area contributed by atoms with Crippen LogP contribution in [0.25, 0.3) is 0 Å². The normalized spacial score (nSPS) is 9.62. The van der Waals surface area contributed by atoms with E-state index in [0.29, 0.717) is 6.42 Å². The van der Waals surface area contributed by atoms with Crippen molar-refractivity contribution in [3.63, 3.8) is 0 Å². The van der Waals surface area contributed by atoms with Gasteiger partial charge in [0.15, 0.2) is 0 Å². The van der Waals surface area contributed by atoms with E-state index in [-0.39, 0.29) is 5.91 Å². The Morgan fingerprint density at radius 2 is 1.69 bits per heavy atom. The van der Waals surface area contributed by atoms with E-state index in [0.717, 1.165) is 0 Å². The lowest BCUT2D eigenvalue weighted by atomic mass is 10.5. The number of alkyl halides is 3. The average Bonchev–Trinajstić information content (AvgIpc) is 2.02. The molecule has 2 N–H and O–H groups in total. The minimum atomic E-state index is -5.08. The Balaban J connectivity index is 0. The third-order valence-electron chi connectivity index (χ3n) is 0.842. The van der Waals surface area contributed by atoms with Crippen molar-refractivity contribution in [2.24, 2.45) is 0 Å². The molecule has 13 heavy (non-hydrogen) atoms. The number of carboxylic acids is 1. The topological polar surface area (TPSA) is 66.4 Å². The highest BCUT2D eigenvalue weighted by molar-refractivity contribution is 5.75. The molecule has 0 aliphatic rings. The van der Waals surface area contributed by atoms with Gasteiger partial charge in [0.05, 0.1) is 0 Å². The lowest BCUT2D eigenvalue weighted by Gasteiger charge is -1.93. The monoisotopic (exact) mass is 201 g/mol. The van der Waals surface area contributed by atoms with E-state index < -0.39 is 12.1 Å². The second-order valence-corrected chi connectivity index (χ2v) is 1.83. The molecule has 0 unspecified atom stereocenters. The number of carbonyl (C=O) groups excluding carboxylic acids is 1. The van der Waals surface area contributed by atoms with Gasteiger partial charge in [0.2, 0.25) is 5.91 Å². The molecule has 1 amide bonds. The molecule has 0 aromatic heterocycles. The lowest BCUT2D eigenvalue weighted by molar-refractivity contribution is -0.192. The summed E-state index contributed by atoms with van der Waals surface area (Å²) in [5, 5.41) is 9.60.